The molecule has 10 heteroatoms. The van der Waals surface area contributed by atoms with Gasteiger partial charge in [-0.25, -0.2) is 0 Å². The lowest BCUT2D eigenvalue weighted by Gasteiger charge is -2.27. The summed E-state index contributed by atoms with van der Waals surface area (Å²) in [6, 6.07) is 12.8. The van der Waals surface area contributed by atoms with Gasteiger partial charge in [0, 0.05) is 31.3 Å². The molecule has 0 aliphatic carbocycles. The SMILES string of the molecule is O=C(/C=C/c1cccc([N+](=O)[O-])c1)NC(=S)Nc1ccccc1C(=O)N1CCOCC1. The van der Waals surface area contributed by atoms with Crippen LogP contribution in [0, 0.1) is 10.1 Å². The van der Waals surface area contributed by atoms with Gasteiger partial charge in [-0.1, -0.05) is 24.3 Å². The van der Waals surface area contributed by atoms with Gasteiger partial charge in [-0.3, -0.25) is 25.0 Å². The standard InChI is InChI=1S/C21H20N4O5S/c26-19(9-8-15-4-3-5-16(14-15)25(28)29)23-21(31)22-18-7-2-1-6-17(18)20(27)24-10-12-30-13-11-24/h1-9,14H,10-13H2,(H2,22,23,26,31)/b9-8+. The molecule has 2 aromatic rings. The third-order valence-electron chi connectivity index (χ3n) is 4.45. The highest BCUT2D eigenvalue weighted by Crippen LogP contribution is 2.18. The molecule has 2 aromatic carbocycles. The van der Waals surface area contributed by atoms with E-state index in [1.165, 1.54) is 30.4 Å². The van der Waals surface area contributed by atoms with Crippen LogP contribution in [0.5, 0.6) is 0 Å². The van der Waals surface area contributed by atoms with E-state index in [-0.39, 0.29) is 16.7 Å². The molecule has 1 fully saturated rings. The van der Waals surface area contributed by atoms with Gasteiger partial charge in [0.05, 0.1) is 29.4 Å². The van der Waals surface area contributed by atoms with E-state index in [9.17, 15) is 19.7 Å². The highest BCUT2D eigenvalue weighted by Gasteiger charge is 2.21. The normalized spacial score (nSPS) is 13.6. The zero-order chi connectivity index (χ0) is 22.2. The van der Waals surface area contributed by atoms with E-state index >= 15 is 0 Å². The number of morpholine rings is 1. The Bertz CT molecular complexity index is 1030. The van der Waals surface area contributed by atoms with Gasteiger partial charge in [-0.15, -0.1) is 0 Å². The van der Waals surface area contributed by atoms with Gasteiger partial charge in [0.15, 0.2) is 5.11 Å². The van der Waals surface area contributed by atoms with Crippen molar-refractivity contribution in [2.75, 3.05) is 31.6 Å². The van der Waals surface area contributed by atoms with Crippen molar-refractivity contribution in [3.05, 3.63) is 75.8 Å². The second-order valence-electron chi connectivity index (χ2n) is 6.58. The minimum absolute atomic E-state index is 0.0240. The molecular weight excluding hydrogens is 420 g/mol. The number of nitrogens with zero attached hydrogens (tertiary/aromatic N) is 2. The Kier molecular flexibility index (Phi) is 7.41. The summed E-state index contributed by atoms with van der Waals surface area (Å²) in [5, 5.41) is 16.2. The first kappa shape index (κ1) is 22.1. The molecule has 3 rings (SSSR count). The summed E-state index contributed by atoms with van der Waals surface area (Å²) in [4.78, 5) is 37.0. The van der Waals surface area contributed by atoms with E-state index in [4.69, 9.17) is 17.0 Å². The Balaban J connectivity index is 1.62. The van der Waals surface area contributed by atoms with Crippen molar-refractivity contribution in [1.29, 1.82) is 0 Å². The average Bonchev–Trinajstić information content (AvgIpc) is 2.78. The fourth-order valence-corrected chi connectivity index (χ4v) is 3.15. The number of para-hydroxylation sites is 1. The third kappa shape index (κ3) is 6.17. The molecule has 2 amide bonds. The molecule has 0 radical (unpaired) electrons. The molecule has 0 bridgehead atoms. The summed E-state index contributed by atoms with van der Waals surface area (Å²) in [6.07, 6.45) is 2.67. The summed E-state index contributed by atoms with van der Waals surface area (Å²) in [6.45, 7) is 2.01. The largest absolute Gasteiger partial charge is 0.378 e. The zero-order valence-corrected chi connectivity index (χ0v) is 17.3. The summed E-state index contributed by atoms with van der Waals surface area (Å²) in [7, 11) is 0. The number of nitro groups is 1. The number of amides is 2. The zero-order valence-electron chi connectivity index (χ0n) is 16.4. The fourth-order valence-electron chi connectivity index (χ4n) is 2.94. The second kappa shape index (κ2) is 10.4. The molecule has 0 spiro atoms. The number of carbonyl (C=O) groups excluding carboxylic acids is 2. The van der Waals surface area contributed by atoms with Gasteiger partial charge < -0.3 is 15.0 Å². The summed E-state index contributed by atoms with van der Waals surface area (Å²) in [5.41, 5.74) is 1.35. The monoisotopic (exact) mass is 440 g/mol. The maximum atomic E-state index is 12.8. The first-order valence-electron chi connectivity index (χ1n) is 9.44. The number of nitrogens with one attached hydrogen (secondary N) is 2. The van der Waals surface area contributed by atoms with E-state index in [0.717, 1.165) is 0 Å². The van der Waals surface area contributed by atoms with Gasteiger partial charge in [0.25, 0.3) is 11.6 Å². The van der Waals surface area contributed by atoms with Crippen LogP contribution >= 0.6 is 12.2 Å². The molecule has 0 atom stereocenters. The Morgan fingerprint density at radius 1 is 1.13 bits per heavy atom. The van der Waals surface area contributed by atoms with Crippen molar-refractivity contribution in [3.8, 4) is 0 Å². The molecule has 31 heavy (non-hydrogen) atoms. The van der Waals surface area contributed by atoms with Crippen LogP contribution in [-0.4, -0.2) is 53.1 Å². The van der Waals surface area contributed by atoms with Gasteiger partial charge in [0.2, 0.25) is 5.91 Å². The van der Waals surface area contributed by atoms with Crippen molar-refractivity contribution < 1.29 is 19.2 Å². The molecule has 0 saturated carbocycles. The highest BCUT2D eigenvalue weighted by molar-refractivity contribution is 7.80. The highest BCUT2D eigenvalue weighted by atomic mass is 32.1. The van der Waals surface area contributed by atoms with Crippen LogP contribution < -0.4 is 10.6 Å². The number of rotatable bonds is 5. The summed E-state index contributed by atoms with van der Waals surface area (Å²) in [5.74, 6) is -0.660. The molecule has 9 nitrogen and oxygen atoms in total. The number of thiocarbonyl (C=S) groups is 1. The molecule has 0 aromatic heterocycles. The number of nitro benzene ring substituents is 1. The summed E-state index contributed by atoms with van der Waals surface area (Å²) < 4.78 is 5.28. The first-order chi connectivity index (χ1) is 14.9. The Hall–Kier alpha value is -3.63. The maximum Gasteiger partial charge on any atom is 0.270 e. The fraction of sp³-hybridized carbons (Fsp3) is 0.190. The van der Waals surface area contributed by atoms with Gasteiger partial charge in [-0.05, 0) is 36.0 Å². The predicted octanol–water partition coefficient (Wildman–Crippen LogP) is 2.59. The van der Waals surface area contributed by atoms with Crippen molar-refractivity contribution in [1.82, 2.24) is 10.2 Å². The topological polar surface area (TPSA) is 114 Å². The second-order valence-corrected chi connectivity index (χ2v) is 6.99. The van der Waals surface area contributed by atoms with Crippen LogP contribution in [0.1, 0.15) is 15.9 Å². The molecule has 1 aliphatic heterocycles. The van der Waals surface area contributed by atoms with Crippen LogP contribution in [0.25, 0.3) is 6.08 Å². The Labute approximate surface area is 183 Å². The van der Waals surface area contributed by atoms with Crippen molar-refractivity contribution in [2.45, 2.75) is 0 Å². The van der Waals surface area contributed by atoms with Crippen molar-refractivity contribution in [2.24, 2.45) is 0 Å². The Morgan fingerprint density at radius 3 is 2.61 bits per heavy atom. The lowest BCUT2D eigenvalue weighted by Crippen LogP contribution is -2.41. The average molecular weight is 440 g/mol. The van der Waals surface area contributed by atoms with E-state index in [1.54, 1.807) is 35.2 Å². The van der Waals surface area contributed by atoms with Crippen LogP contribution in [0.3, 0.4) is 0 Å². The minimum atomic E-state index is -0.513. The lowest BCUT2D eigenvalue weighted by molar-refractivity contribution is -0.384. The number of ether oxygens (including phenoxy) is 1. The third-order valence-corrected chi connectivity index (χ3v) is 4.65. The van der Waals surface area contributed by atoms with Crippen LogP contribution in [0.2, 0.25) is 0 Å². The van der Waals surface area contributed by atoms with Crippen molar-refractivity contribution in [3.63, 3.8) is 0 Å². The summed E-state index contributed by atoms with van der Waals surface area (Å²) >= 11 is 5.19. The molecule has 160 valence electrons. The van der Waals surface area contributed by atoms with Crippen LogP contribution in [0.4, 0.5) is 11.4 Å². The van der Waals surface area contributed by atoms with Gasteiger partial charge in [0.1, 0.15) is 0 Å². The van der Waals surface area contributed by atoms with Crippen molar-refractivity contribution >= 4 is 46.6 Å². The van der Waals surface area contributed by atoms with E-state index in [1.807, 2.05) is 0 Å². The number of anilines is 1. The molecule has 2 N–H and O–H groups in total. The number of carbonyl (C=O) groups is 2. The van der Waals surface area contributed by atoms with Gasteiger partial charge in [-0.2, -0.15) is 0 Å². The maximum absolute atomic E-state index is 12.8. The number of benzene rings is 2. The number of non-ortho nitro benzene ring substituents is 1. The van der Waals surface area contributed by atoms with E-state index in [2.05, 4.69) is 10.6 Å². The van der Waals surface area contributed by atoms with Crippen LogP contribution in [-0.2, 0) is 9.53 Å². The van der Waals surface area contributed by atoms with E-state index in [0.29, 0.717) is 43.1 Å². The molecule has 0 unspecified atom stereocenters. The number of hydrogen-bond donors (Lipinski definition) is 2. The smallest absolute Gasteiger partial charge is 0.270 e. The quantitative estimate of drug-likeness (QED) is 0.318. The molecule has 1 aliphatic rings. The Morgan fingerprint density at radius 2 is 1.87 bits per heavy atom. The number of hydrogen-bond acceptors (Lipinski definition) is 6. The minimum Gasteiger partial charge on any atom is -0.378 e. The van der Waals surface area contributed by atoms with Gasteiger partial charge >= 0.3 is 0 Å². The lowest BCUT2D eigenvalue weighted by atomic mass is 10.1. The molecule has 1 saturated heterocycles. The van der Waals surface area contributed by atoms with Crippen LogP contribution in [0.15, 0.2) is 54.6 Å². The molecular formula is C21H20N4O5S. The predicted molar refractivity (Wildman–Crippen MR) is 120 cm³/mol. The van der Waals surface area contributed by atoms with E-state index < -0.39 is 10.8 Å². The molecule has 1 heterocycles. The first-order valence-corrected chi connectivity index (χ1v) is 9.85.